The highest BCUT2D eigenvalue weighted by atomic mass is 32.2. The Morgan fingerprint density at radius 2 is 1.87 bits per heavy atom. The van der Waals surface area contributed by atoms with E-state index in [9.17, 15) is 0 Å². The standard InChI is InChI=1S/C13H27NS/c1-13(2,3)12(14-4)10-15-9-11-7-5-6-8-11/h11-12,14H,5-10H2,1-4H3. The lowest BCUT2D eigenvalue weighted by Crippen LogP contribution is -2.40. The average Bonchev–Trinajstić information content (AvgIpc) is 2.62. The van der Waals surface area contributed by atoms with E-state index in [4.69, 9.17) is 0 Å². The average molecular weight is 229 g/mol. The molecule has 0 aromatic rings. The van der Waals surface area contributed by atoms with Crippen LogP contribution in [-0.4, -0.2) is 24.6 Å². The first-order chi connectivity index (χ1) is 7.04. The summed E-state index contributed by atoms with van der Waals surface area (Å²) in [5.41, 5.74) is 0.386. The third-order valence-corrected chi connectivity index (χ3v) is 4.78. The molecule has 1 atom stereocenters. The lowest BCUT2D eigenvalue weighted by Gasteiger charge is -2.30. The molecule has 1 rings (SSSR count). The van der Waals surface area contributed by atoms with Crippen LogP contribution in [0.4, 0.5) is 0 Å². The first-order valence-electron chi connectivity index (χ1n) is 6.29. The predicted molar refractivity (Wildman–Crippen MR) is 71.6 cm³/mol. The van der Waals surface area contributed by atoms with E-state index in [1.165, 1.54) is 37.2 Å². The lowest BCUT2D eigenvalue weighted by molar-refractivity contribution is 0.305. The third kappa shape index (κ3) is 4.78. The maximum absolute atomic E-state index is 3.45. The SMILES string of the molecule is CNC(CSCC1CCCC1)C(C)(C)C. The summed E-state index contributed by atoms with van der Waals surface area (Å²) >= 11 is 2.15. The third-order valence-electron chi connectivity index (χ3n) is 3.51. The van der Waals surface area contributed by atoms with Crippen LogP contribution in [0, 0.1) is 11.3 Å². The second kappa shape index (κ2) is 6.15. The minimum Gasteiger partial charge on any atom is -0.316 e. The molecule has 1 fully saturated rings. The molecule has 1 aliphatic carbocycles. The summed E-state index contributed by atoms with van der Waals surface area (Å²) in [6.07, 6.45) is 5.90. The highest BCUT2D eigenvalue weighted by molar-refractivity contribution is 7.99. The molecule has 90 valence electrons. The highest BCUT2D eigenvalue weighted by Gasteiger charge is 2.23. The van der Waals surface area contributed by atoms with Gasteiger partial charge in [0.2, 0.25) is 0 Å². The van der Waals surface area contributed by atoms with Crippen molar-refractivity contribution in [1.82, 2.24) is 5.32 Å². The van der Waals surface area contributed by atoms with Gasteiger partial charge in [-0.3, -0.25) is 0 Å². The van der Waals surface area contributed by atoms with Gasteiger partial charge in [-0.25, -0.2) is 0 Å². The molecule has 0 aromatic heterocycles. The molecule has 0 aliphatic heterocycles. The topological polar surface area (TPSA) is 12.0 Å². The van der Waals surface area contributed by atoms with Crippen LogP contribution in [0.2, 0.25) is 0 Å². The molecule has 0 heterocycles. The van der Waals surface area contributed by atoms with E-state index in [0.29, 0.717) is 11.5 Å². The summed E-state index contributed by atoms with van der Waals surface area (Å²) in [7, 11) is 2.09. The van der Waals surface area contributed by atoms with Crippen LogP contribution < -0.4 is 5.32 Å². The van der Waals surface area contributed by atoms with Gasteiger partial charge in [-0.05, 0) is 37.0 Å². The van der Waals surface area contributed by atoms with Gasteiger partial charge >= 0.3 is 0 Å². The van der Waals surface area contributed by atoms with Gasteiger partial charge in [0.05, 0.1) is 0 Å². The van der Waals surface area contributed by atoms with Gasteiger partial charge in [0.25, 0.3) is 0 Å². The van der Waals surface area contributed by atoms with E-state index in [1.54, 1.807) is 0 Å². The van der Waals surface area contributed by atoms with Gasteiger partial charge in [-0.15, -0.1) is 0 Å². The Morgan fingerprint density at radius 3 is 2.33 bits per heavy atom. The van der Waals surface area contributed by atoms with Crippen LogP contribution in [0.5, 0.6) is 0 Å². The largest absolute Gasteiger partial charge is 0.316 e. The van der Waals surface area contributed by atoms with Crippen molar-refractivity contribution in [2.75, 3.05) is 18.6 Å². The molecule has 0 spiro atoms. The van der Waals surface area contributed by atoms with Crippen molar-refractivity contribution in [1.29, 1.82) is 0 Å². The van der Waals surface area contributed by atoms with E-state index >= 15 is 0 Å². The minimum absolute atomic E-state index is 0.386. The Morgan fingerprint density at radius 1 is 1.27 bits per heavy atom. The zero-order valence-electron chi connectivity index (χ0n) is 10.8. The van der Waals surface area contributed by atoms with E-state index in [1.807, 2.05) is 0 Å². The molecule has 15 heavy (non-hydrogen) atoms. The van der Waals surface area contributed by atoms with Crippen molar-refractivity contribution in [2.45, 2.75) is 52.5 Å². The fourth-order valence-electron chi connectivity index (χ4n) is 2.30. The second-order valence-corrected chi connectivity index (χ2v) is 6.97. The number of hydrogen-bond acceptors (Lipinski definition) is 2. The Hall–Kier alpha value is 0.310. The number of hydrogen-bond donors (Lipinski definition) is 1. The van der Waals surface area contributed by atoms with Crippen LogP contribution in [-0.2, 0) is 0 Å². The van der Waals surface area contributed by atoms with Gasteiger partial charge < -0.3 is 5.32 Å². The van der Waals surface area contributed by atoms with E-state index < -0.39 is 0 Å². The second-order valence-electron chi connectivity index (χ2n) is 5.90. The van der Waals surface area contributed by atoms with Crippen molar-refractivity contribution in [3.63, 3.8) is 0 Å². The maximum Gasteiger partial charge on any atom is 0.0203 e. The zero-order chi connectivity index (χ0) is 11.3. The van der Waals surface area contributed by atoms with E-state index in [2.05, 4.69) is 44.9 Å². The van der Waals surface area contributed by atoms with E-state index in [-0.39, 0.29) is 0 Å². The molecular formula is C13H27NS. The Bertz CT molecular complexity index is 168. The van der Waals surface area contributed by atoms with Crippen molar-refractivity contribution in [3.05, 3.63) is 0 Å². The normalized spacial score (nSPS) is 20.8. The van der Waals surface area contributed by atoms with Crippen LogP contribution in [0.15, 0.2) is 0 Å². The molecular weight excluding hydrogens is 202 g/mol. The van der Waals surface area contributed by atoms with Gasteiger partial charge in [0.1, 0.15) is 0 Å². The molecule has 1 unspecified atom stereocenters. The fourth-order valence-corrected chi connectivity index (χ4v) is 4.00. The van der Waals surface area contributed by atoms with Gasteiger partial charge in [0.15, 0.2) is 0 Å². The summed E-state index contributed by atoms with van der Waals surface area (Å²) in [5, 5.41) is 3.45. The van der Waals surface area contributed by atoms with Crippen LogP contribution in [0.1, 0.15) is 46.5 Å². The lowest BCUT2D eigenvalue weighted by atomic mass is 9.88. The molecule has 1 aliphatic rings. The Kier molecular flexibility index (Phi) is 5.48. The summed E-state index contributed by atoms with van der Waals surface area (Å²) in [5.74, 6) is 3.66. The summed E-state index contributed by atoms with van der Waals surface area (Å²) in [6, 6.07) is 0.643. The maximum atomic E-state index is 3.45. The summed E-state index contributed by atoms with van der Waals surface area (Å²) in [4.78, 5) is 0. The molecule has 0 bridgehead atoms. The summed E-state index contributed by atoms with van der Waals surface area (Å²) < 4.78 is 0. The van der Waals surface area contributed by atoms with Crippen molar-refractivity contribution < 1.29 is 0 Å². The minimum atomic E-state index is 0.386. The molecule has 2 heteroatoms. The summed E-state index contributed by atoms with van der Waals surface area (Å²) in [6.45, 7) is 6.97. The highest BCUT2D eigenvalue weighted by Crippen LogP contribution is 2.29. The van der Waals surface area contributed by atoms with Crippen LogP contribution >= 0.6 is 11.8 Å². The number of nitrogens with one attached hydrogen (secondary N) is 1. The van der Waals surface area contributed by atoms with Crippen molar-refractivity contribution in [2.24, 2.45) is 11.3 Å². The zero-order valence-corrected chi connectivity index (χ0v) is 11.6. The first-order valence-corrected chi connectivity index (χ1v) is 7.44. The molecule has 0 amide bonds. The number of thioether (sulfide) groups is 1. The monoisotopic (exact) mass is 229 g/mol. The molecule has 1 saturated carbocycles. The molecule has 0 radical (unpaired) electrons. The van der Waals surface area contributed by atoms with Gasteiger partial charge in [-0.2, -0.15) is 11.8 Å². The van der Waals surface area contributed by atoms with E-state index in [0.717, 1.165) is 5.92 Å². The van der Waals surface area contributed by atoms with Gasteiger partial charge in [0, 0.05) is 11.8 Å². The molecule has 0 saturated heterocycles. The molecule has 1 nitrogen and oxygen atoms in total. The smallest absolute Gasteiger partial charge is 0.0203 e. The molecule has 1 N–H and O–H groups in total. The van der Waals surface area contributed by atoms with Crippen LogP contribution in [0.25, 0.3) is 0 Å². The molecule has 0 aromatic carbocycles. The fraction of sp³-hybridized carbons (Fsp3) is 1.00. The van der Waals surface area contributed by atoms with Crippen molar-refractivity contribution >= 4 is 11.8 Å². The van der Waals surface area contributed by atoms with Gasteiger partial charge in [-0.1, -0.05) is 33.6 Å². The Balaban J connectivity index is 2.16. The number of rotatable bonds is 5. The van der Waals surface area contributed by atoms with Crippen molar-refractivity contribution in [3.8, 4) is 0 Å². The van der Waals surface area contributed by atoms with Crippen LogP contribution in [0.3, 0.4) is 0 Å². The Labute approximate surface area is 99.8 Å². The predicted octanol–water partition coefficient (Wildman–Crippen LogP) is 3.54. The quantitative estimate of drug-likeness (QED) is 0.774. The first kappa shape index (κ1) is 13.4.